The van der Waals surface area contributed by atoms with Crippen LogP contribution in [0.2, 0.25) is 0 Å². The lowest BCUT2D eigenvalue weighted by atomic mass is 9.95. The number of carbonyl (C=O) groups excluding carboxylic acids is 1. The van der Waals surface area contributed by atoms with Crippen molar-refractivity contribution in [1.29, 1.82) is 0 Å². The highest BCUT2D eigenvalue weighted by atomic mass is 79.9. The molecule has 1 aromatic carbocycles. The average Bonchev–Trinajstić information content (AvgIpc) is 2.90. The van der Waals surface area contributed by atoms with Crippen LogP contribution in [-0.2, 0) is 4.79 Å². The molecule has 0 aromatic heterocycles. The molecule has 2 atom stereocenters. The van der Waals surface area contributed by atoms with Gasteiger partial charge in [0.25, 0.3) is 0 Å². The monoisotopic (exact) mass is 339 g/mol. The lowest BCUT2D eigenvalue weighted by molar-refractivity contribution is -0.133. The highest BCUT2D eigenvalue weighted by molar-refractivity contribution is 9.09. The summed E-state index contributed by atoms with van der Waals surface area (Å²) < 4.78 is 0. The van der Waals surface area contributed by atoms with Crippen LogP contribution in [0.25, 0.3) is 0 Å². The second-order valence-electron chi connectivity index (χ2n) is 5.35. The zero-order valence-corrected chi connectivity index (χ0v) is 13.3. The van der Waals surface area contributed by atoms with Gasteiger partial charge in [-0.15, -0.1) is 11.8 Å². The minimum atomic E-state index is 0.0790. The fourth-order valence-corrected chi connectivity index (χ4v) is 4.73. The normalized spacial score (nSPS) is 26.3. The van der Waals surface area contributed by atoms with E-state index >= 15 is 0 Å². The van der Waals surface area contributed by atoms with Crippen LogP contribution in [0.3, 0.4) is 0 Å². The molecule has 2 unspecified atom stereocenters. The maximum Gasteiger partial charge on any atom is 0.231 e. The molecule has 3 rings (SSSR count). The van der Waals surface area contributed by atoms with E-state index in [2.05, 4.69) is 39.0 Å². The Morgan fingerprint density at radius 2 is 2.26 bits per heavy atom. The topological polar surface area (TPSA) is 20.3 Å². The number of nitrogens with zero attached hydrogens (tertiary/aromatic N) is 1. The Morgan fingerprint density at radius 3 is 3.11 bits per heavy atom. The number of likely N-dealkylation sites (tertiary alicyclic amines) is 1. The SMILES string of the molecule is O=C(C1CSc2ccccc21)N1CCCC(CBr)C1. The molecule has 2 nitrogen and oxygen atoms in total. The molecule has 102 valence electrons. The van der Waals surface area contributed by atoms with Crippen LogP contribution < -0.4 is 0 Å². The van der Waals surface area contributed by atoms with Crippen molar-refractivity contribution in [3.8, 4) is 0 Å². The van der Waals surface area contributed by atoms with Crippen molar-refractivity contribution in [1.82, 2.24) is 4.90 Å². The first kappa shape index (κ1) is 13.5. The number of benzene rings is 1. The van der Waals surface area contributed by atoms with E-state index in [1.165, 1.54) is 16.9 Å². The number of carbonyl (C=O) groups is 1. The molecule has 1 aromatic rings. The van der Waals surface area contributed by atoms with E-state index in [0.29, 0.717) is 11.8 Å². The number of thioether (sulfide) groups is 1. The summed E-state index contributed by atoms with van der Waals surface area (Å²) in [5, 5.41) is 1.01. The van der Waals surface area contributed by atoms with Crippen molar-refractivity contribution in [2.75, 3.05) is 24.2 Å². The number of fused-ring (bicyclic) bond motifs is 1. The first-order valence-electron chi connectivity index (χ1n) is 6.86. The zero-order valence-electron chi connectivity index (χ0n) is 10.8. The summed E-state index contributed by atoms with van der Waals surface area (Å²) in [6.07, 6.45) is 2.38. The van der Waals surface area contributed by atoms with Crippen molar-refractivity contribution >= 4 is 33.6 Å². The van der Waals surface area contributed by atoms with Crippen molar-refractivity contribution in [2.45, 2.75) is 23.7 Å². The smallest absolute Gasteiger partial charge is 0.231 e. The summed E-state index contributed by atoms with van der Waals surface area (Å²) in [5.74, 6) is 1.95. The Labute approximate surface area is 127 Å². The maximum absolute atomic E-state index is 12.7. The number of hydrogen-bond donors (Lipinski definition) is 0. The third kappa shape index (κ3) is 2.70. The molecular weight excluding hydrogens is 322 g/mol. The molecule has 0 bridgehead atoms. The number of piperidine rings is 1. The Bertz CT molecular complexity index is 479. The molecule has 0 saturated carbocycles. The lowest BCUT2D eigenvalue weighted by Crippen LogP contribution is -2.42. The van der Waals surface area contributed by atoms with Crippen LogP contribution in [-0.4, -0.2) is 35.0 Å². The van der Waals surface area contributed by atoms with Crippen LogP contribution in [0.5, 0.6) is 0 Å². The minimum absolute atomic E-state index is 0.0790. The fraction of sp³-hybridized carbons (Fsp3) is 0.533. The number of amides is 1. The van der Waals surface area contributed by atoms with Gasteiger partial charge in [-0.25, -0.2) is 0 Å². The van der Waals surface area contributed by atoms with Crippen molar-refractivity contribution < 1.29 is 4.79 Å². The van der Waals surface area contributed by atoms with Crippen molar-refractivity contribution in [2.24, 2.45) is 5.92 Å². The zero-order chi connectivity index (χ0) is 13.2. The Balaban J connectivity index is 1.75. The van der Waals surface area contributed by atoms with Gasteiger partial charge in [0.1, 0.15) is 0 Å². The van der Waals surface area contributed by atoms with E-state index in [1.54, 1.807) is 0 Å². The molecular formula is C15H18BrNOS. The molecule has 0 radical (unpaired) electrons. The number of rotatable bonds is 2. The molecule has 19 heavy (non-hydrogen) atoms. The first-order valence-corrected chi connectivity index (χ1v) is 8.97. The first-order chi connectivity index (χ1) is 9.29. The molecule has 2 heterocycles. The summed E-state index contributed by atoms with van der Waals surface area (Å²) in [6.45, 7) is 1.86. The minimum Gasteiger partial charge on any atom is -0.342 e. The Kier molecular flexibility index (Phi) is 4.18. The molecule has 1 fully saturated rings. The molecule has 4 heteroatoms. The Hall–Kier alpha value is -0.480. The van der Waals surface area contributed by atoms with Crippen LogP contribution in [0.1, 0.15) is 24.3 Å². The van der Waals surface area contributed by atoms with E-state index in [9.17, 15) is 4.79 Å². The van der Waals surface area contributed by atoms with Gasteiger partial charge in [-0.2, -0.15) is 0 Å². The maximum atomic E-state index is 12.7. The summed E-state index contributed by atoms with van der Waals surface area (Å²) in [6, 6.07) is 8.34. The van der Waals surface area contributed by atoms with E-state index in [-0.39, 0.29) is 5.92 Å². The van der Waals surface area contributed by atoms with Gasteiger partial charge < -0.3 is 4.90 Å². The standard InChI is InChI=1S/C15H18BrNOS/c16-8-11-4-3-7-17(9-11)15(18)13-10-19-14-6-2-1-5-12(13)14/h1-2,5-6,11,13H,3-4,7-10H2. The summed E-state index contributed by atoms with van der Waals surface area (Å²) in [5.41, 5.74) is 1.23. The summed E-state index contributed by atoms with van der Waals surface area (Å²) in [4.78, 5) is 16.1. The van der Waals surface area contributed by atoms with Gasteiger partial charge in [0, 0.05) is 29.1 Å². The second-order valence-corrected chi connectivity index (χ2v) is 7.06. The molecule has 0 spiro atoms. The number of alkyl halides is 1. The van der Waals surface area contributed by atoms with E-state index < -0.39 is 0 Å². The van der Waals surface area contributed by atoms with E-state index in [4.69, 9.17) is 0 Å². The van der Waals surface area contributed by atoms with Crippen LogP contribution in [0.15, 0.2) is 29.2 Å². The fourth-order valence-electron chi connectivity index (χ4n) is 2.98. The summed E-state index contributed by atoms with van der Waals surface area (Å²) in [7, 11) is 0. The quantitative estimate of drug-likeness (QED) is 0.768. The molecule has 2 aliphatic rings. The molecule has 2 aliphatic heterocycles. The van der Waals surface area contributed by atoms with Crippen molar-refractivity contribution in [3.63, 3.8) is 0 Å². The Morgan fingerprint density at radius 1 is 1.42 bits per heavy atom. The second kappa shape index (κ2) is 5.88. The van der Waals surface area contributed by atoms with Gasteiger partial charge in [-0.1, -0.05) is 34.1 Å². The van der Waals surface area contributed by atoms with Gasteiger partial charge in [0.05, 0.1) is 5.92 Å². The predicted octanol–water partition coefficient (Wildman–Crippen LogP) is 3.51. The third-order valence-electron chi connectivity index (χ3n) is 4.05. The van der Waals surface area contributed by atoms with Gasteiger partial charge in [-0.05, 0) is 30.4 Å². The van der Waals surface area contributed by atoms with Crippen molar-refractivity contribution in [3.05, 3.63) is 29.8 Å². The molecule has 0 N–H and O–H groups in total. The lowest BCUT2D eigenvalue weighted by Gasteiger charge is -2.33. The molecule has 0 aliphatic carbocycles. The highest BCUT2D eigenvalue weighted by Gasteiger charge is 2.33. The van der Waals surface area contributed by atoms with Gasteiger partial charge in [0.15, 0.2) is 0 Å². The number of hydrogen-bond acceptors (Lipinski definition) is 2. The molecule has 1 amide bonds. The van der Waals surface area contributed by atoms with Crippen LogP contribution in [0, 0.1) is 5.92 Å². The van der Waals surface area contributed by atoms with Gasteiger partial charge in [-0.3, -0.25) is 4.79 Å². The van der Waals surface area contributed by atoms with Crippen LogP contribution >= 0.6 is 27.7 Å². The third-order valence-corrected chi connectivity index (χ3v) is 6.15. The summed E-state index contributed by atoms with van der Waals surface area (Å²) >= 11 is 5.37. The highest BCUT2D eigenvalue weighted by Crippen LogP contribution is 2.40. The predicted molar refractivity (Wildman–Crippen MR) is 83.0 cm³/mol. The van der Waals surface area contributed by atoms with Gasteiger partial charge >= 0.3 is 0 Å². The van der Waals surface area contributed by atoms with Gasteiger partial charge in [0.2, 0.25) is 5.91 Å². The largest absolute Gasteiger partial charge is 0.342 e. The molecule has 1 saturated heterocycles. The van der Waals surface area contributed by atoms with E-state index in [0.717, 1.165) is 30.6 Å². The van der Waals surface area contributed by atoms with E-state index in [1.807, 2.05) is 17.8 Å². The number of halogens is 1. The average molecular weight is 340 g/mol. The van der Waals surface area contributed by atoms with Crippen LogP contribution in [0.4, 0.5) is 0 Å².